The van der Waals surface area contributed by atoms with E-state index in [0.29, 0.717) is 48.5 Å². The molecule has 31 heavy (non-hydrogen) atoms. The number of carbonyl (C=O) groups is 1. The summed E-state index contributed by atoms with van der Waals surface area (Å²) < 4.78 is 0. The topological polar surface area (TPSA) is 89.8 Å². The van der Waals surface area contributed by atoms with Crippen LogP contribution in [0.4, 0.5) is 0 Å². The summed E-state index contributed by atoms with van der Waals surface area (Å²) in [6.45, 7) is 7.61. The Kier molecular flexibility index (Phi) is 6.78. The summed E-state index contributed by atoms with van der Waals surface area (Å²) in [5, 5.41) is 33.3. The lowest BCUT2D eigenvalue weighted by molar-refractivity contribution is -0.174. The predicted molar refractivity (Wildman–Crippen MR) is 121 cm³/mol. The molecule has 0 aromatic carbocycles. The van der Waals surface area contributed by atoms with E-state index < -0.39 is 0 Å². The Balaban J connectivity index is 1.46. The highest BCUT2D eigenvalue weighted by molar-refractivity contribution is 5.75. The number of nitrogens with one attached hydrogen (secondary N) is 1. The largest absolute Gasteiger partial charge is 0.395 e. The molecule has 1 amide bonds. The van der Waals surface area contributed by atoms with Crippen LogP contribution in [0.1, 0.15) is 85.0 Å². The van der Waals surface area contributed by atoms with Gasteiger partial charge in [-0.05, 0) is 104 Å². The molecule has 4 aliphatic carbocycles. The van der Waals surface area contributed by atoms with Crippen molar-refractivity contribution in [3.8, 4) is 0 Å². The highest BCUT2D eigenvalue weighted by Gasteiger charge is 2.62. The van der Waals surface area contributed by atoms with Gasteiger partial charge in [-0.15, -0.1) is 0 Å². The van der Waals surface area contributed by atoms with Gasteiger partial charge in [0.15, 0.2) is 0 Å². The normalized spacial score (nSPS) is 47.7. The van der Waals surface area contributed by atoms with Crippen LogP contribution in [0.25, 0.3) is 0 Å². The van der Waals surface area contributed by atoms with E-state index in [1.807, 2.05) is 0 Å². The van der Waals surface area contributed by atoms with Crippen molar-refractivity contribution >= 4 is 5.91 Å². The molecule has 5 heteroatoms. The zero-order chi connectivity index (χ0) is 22.4. The second-order valence-electron chi connectivity index (χ2n) is 12.0. The number of aliphatic hydroxyl groups is 3. The molecule has 178 valence electrons. The fourth-order valence-corrected chi connectivity index (χ4v) is 9.02. The molecule has 10 atom stereocenters. The van der Waals surface area contributed by atoms with E-state index in [9.17, 15) is 15.0 Å². The highest BCUT2D eigenvalue weighted by Crippen LogP contribution is 2.68. The van der Waals surface area contributed by atoms with E-state index in [-0.39, 0.29) is 35.6 Å². The van der Waals surface area contributed by atoms with Crippen LogP contribution in [-0.4, -0.2) is 46.6 Å². The summed E-state index contributed by atoms with van der Waals surface area (Å²) in [7, 11) is 0. The van der Waals surface area contributed by atoms with E-state index in [2.05, 4.69) is 26.1 Å². The summed E-state index contributed by atoms with van der Waals surface area (Å²) >= 11 is 0. The number of amides is 1. The van der Waals surface area contributed by atoms with E-state index in [0.717, 1.165) is 32.1 Å². The van der Waals surface area contributed by atoms with Gasteiger partial charge >= 0.3 is 0 Å². The van der Waals surface area contributed by atoms with Gasteiger partial charge in [-0.3, -0.25) is 4.79 Å². The first-order chi connectivity index (χ1) is 14.7. The van der Waals surface area contributed by atoms with Crippen LogP contribution in [0, 0.1) is 46.3 Å². The Labute approximate surface area is 188 Å². The van der Waals surface area contributed by atoms with Crippen molar-refractivity contribution in [2.45, 2.75) is 97.2 Å². The fraction of sp³-hybridized carbons (Fsp3) is 0.962. The van der Waals surface area contributed by atoms with E-state index in [1.165, 1.54) is 25.7 Å². The number of fused-ring (bicyclic) bond motifs is 5. The molecule has 0 aliphatic heterocycles. The number of hydrogen-bond acceptors (Lipinski definition) is 4. The molecule has 4 N–H and O–H groups in total. The SMILES string of the molecule is C[C@H](CCC(=O)NCCO)C1CCC2C3C(CC[C@@]21C)[C@@]1(C)CC[C@@H](O)CC1C[C@H]3O. The lowest BCUT2D eigenvalue weighted by atomic mass is 9.43. The van der Waals surface area contributed by atoms with Gasteiger partial charge in [-0.2, -0.15) is 0 Å². The van der Waals surface area contributed by atoms with Crippen molar-refractivity contribution in [1.82, 2.24) is 5.32 Å². The third-order valence-corrected chi connectivity index (χ3v) is 10.7. The van der Waals surface area contributed by atoms with Crippen LogP contribution in [-0.2, 0) is 4.79 Å². The quantitative estimate of drug-likeness (QED) is 0.514. The maximum atomic E-state index is 12.0. The van der Waals surface area contributed by atoms with Crippen molar-refractivity contribution in [2.75, 3.05) is 13.2 Å². The Morgan fingerprint density at radius 2 is 1.74 bits per heavy atom. The number of carbonyl (C=O) groups excluding carboxylic acids is 1. The molecule has 5 unspecified atom stereocenters. The molecule has 0 spiro atoms. The molecule has 5 nitrogen and oxygen atoms in total. The first-order valence-corrected chi connectivity index (χ1v) is 12.9. The first-order valence-electron chi connectivity index (χ1n) is 12.9. The van der Waals surface area contributed by atoms with Crippen molar-refractivity contribution in [3.63, 3.8) is 0 Å². The third kappa shape index (κ3) is 4.08. The van der Waals surface area contributed by atoms with Gasteiger partial charge in [0.2, 0.25) is 5.91 Å². The Hall–Kier alpha value is -0.650. The van der Waals surface area contributed by atoms with Crippen molar-refractivity contribution in [2.24, 2.45) is 46.3 Å². The molecule has 0 aromatic rings. The molecular formula is C26H45NO4. The van der Waals surface area contributed by atoms with Gasteiger partial charge in [0.1, 0.15) is 0 Å². The average molecular weight is 436 g/mol. The molecule has 4 saturated carbocycles. The zero-order valence-corrected chi connectivity index (χ0v) is 19.9. The molecule has 0 bridgehead atoms. The lowest BCUT2D eigenvalue weighted by Gasteiger charge is -2.62. The van der Waals surface area contributed by atoms with Gasteiger partial charge < -0.3 is 20.6 Å². The fourth-order valence-electron chi connectivity index (χ4n) is 9.02. The van der Waals surface area contributed by atoms with E-state index in [4.69, 9.17) is 5.11 Å². The van der Waals surface area contributed by atoms with Crippen LogP contribution in [0.5, 0.6) is 0 Å². The summed E-state index contributed by atoms with van der Waals surface area (Å²) in [6.07, 6.45) is 9.68. The average Bonchev–Trinajstić information content (AvgIpc) is 3.09. The van der Waals surface area contributed by atoms with Crippen molar-refractivity contribution in [1.29, 1.82) is 0 Å². The Morgan fingerprint density at radius 1 is 1.03 bits per heavy atom. The zero-order valence-electron chi connectivity index (χ0n) is 19.9. The monoisotopic (exact) mass is 435 g/mol. The summed E-state index contributed by atoms with van der Waals surface area (Å²) in [6, 6.07) is 0. The summed E-state index contributed by atoms with van der Waals surface area (Å²) in [4.78, 5) is 12.0. The molecule has 0 heterocycles. The number of aliphatic hydroxyl groups excluding tert-OH is 3. The molecule has 4 fully saturated rings. The van der Waals surface area contributed by atoms with Crippen LogP contribution < -0.4 is 5.32 Å². The molecule has 0 radical (unpaired) electrons. The van der Waals surface area contributed by atoms with Gasteiger partial charge in [0.05, 0.1) is 18.8 Å². The maximum Gasteiger partial charge on any atom is 0.220 e. The Bertz CT molecular complexity index is 655. The maximum absolute atomic E-state index is 12.0. The first kappa shape index (κ1) is 23.5. The lowest BCUT2D eigenvalue weighted by Crippen LogP contribution is -2.58. The molecule has 4 aliphatic rings. The van der Waals surface area contributed by atoms with E-state index >= 15 is 0 Å². The van der Waals surface area contributed by atoms with E-state index in [1.54, 1.807) is 0 Å². The number of hydrogen-bond donors (Lipinski definition) is 4. The van der Waals surface area contributed by atoms with Crippen LogP contribution in [0.2, 0.25) is 0 Å². The smallest absolute Gasteiger partial charge is 0.220 e. The second kappa shape index (κ2) is 8.95. The minimum absolute atomic E-state index is 0.00666. The highest BCUT2D eigenvalue weighted by atomic mass is 16.3. The molecular weight excluding hydrogens is 390 g/mol. The second-order valence-corrected chi connectivity index (χ2v) is 12.0. The molecule has 0 aromatic heterocycles. The van der Waals surface area contributed by atoms with Gasteiger partial charge in [-0.25, -0.2) is 0 Å². The summed E-state index contributed by atoms with van der Waals surface area (Å²) in [5.41, 5.74) is 0.541. The van der Waals surface area contributed by atoms with Crippen LogP contribution in [0.15, 0.2) is 0 Å². The van der Waals surface area contributed by atoms with Gasteiger partial charge in [0, 0.05) is 13.0 Å². The van der Waals surface area contributed by atoms with Crippen LogP contribution in [0.3, 0.4) is 0 Å². The minimum Gasteiger partial charge on any atom is -0.395 e. The number of rotatable bonds is 6. The standard InChI is InChI=1S/C26H45NO4/c1-16(4-7-23(31)27-12-13-28)19-5-6-20-24-21(9-11-26(19,20)3)25(2)10-8-18(29)14-17(25)15-22(24)30/h16-22,24,28-30H,4-15H2,1-3H3,(H,27,31)/t16-,17?,18-,19?,20?,21?,22-,24?,25+,26-/m1/s1. The van der Waals surface area contributed by atoms with Crippen molar-refractivity contribution < 1.29 is 20.1 Å². The summed E-state index contributed by atoms with van der Waals surface area (Å²) in [5.74, 6) is 3.21. The minimum atomic E-state index is -0.226. The van der Waals surface area contributed by atoms with Gasteiger partial charge in [-0.1, -0.05) is 20.8 Å². The van der Waals surface area contributed by atoms with Gasteiger partial charge in [0.25, 0.3) is 0 Å². The molecule has 4 rings (SSSR count). The van der Waals surface area contributed by atoms with Crippen molar-refractivity contribution in [3.05, 3.63) is 0 Å². The van der Waals surface area contributed by atoms with Crippen LogP contribution >= 0.6 is 0 Å². The predicted octanol–water partition coefficient (Wildman–Crippen LogP) is 3.50. The third-order valence-electron chi connectivity index (χ3n) is 10.7. The Morgan fingerprint density at radius 3 is 2.48 bits per heavy atom. The molecule has 0 saturated heterocycles.